The third-order valence-corrected chi connectivity index (χ3v) is 8.48. The second-order valence-electron chi connectivity index (χ2n) is 11.0. The van der Waals surface area contributed by atoms with E-state index in [0.29, 0.717) is 12.6 Å². The summed E-state index contributed by atoms with van der Waals surface area (Å²) in [6.07, 6.45) is 16.5. The molecule has 1 aliphatic carbocycles. The van der Waals surface area contributed by atoms with Gasteiger partial charge in [-0.15, -0.1) is 0 Å². The van der Waals surface area contributed by atoms with Crippen LogP contribution in [0.2, 0.25) is 0 Å². The van der Waals surface area contributed by atoms with E-state index in [0.717, 1.165) is 66.4 Å². The first-order chi connectivity index (χ1) is 19.7. The van der Waals surface area contributed by atoms with Gasteiger partial charge in [-0.05, 0) is 43.9 Å². The van der Waals surface area contributed by atoms with Gasteiger partial charge in [-0.25, -0.2) is 4.98 Å². The van der Waals surface area contributed by atoms with Crippen molar-refractivity contribution in [3.8, 4) is 11.3 Å². The van der Waals surface area contributed by atoms with E-state index in [2.05, 4.69) is 51.2 Å². The molecule has 1 amide bonds. The van der Waals surface area contributed by atoms with Gasteiger partial charge in [-0.2, -0.15) is 5.10 Å². The lowest BCUT2D eigenvalue weighted by molar-refractivity contribution is -0.118. The Kier molecular flexibility index (Phi) is 8.88. The number of hydrogen-bond donors (Lipinski definition) is 0. The van der Waals surface area contributed by atoms with Gasteiger partial charge in [0.25, 0.3) is 0 Å². The van der Waals surface area contributed by atoms with Crippen LogP contribution in [0.3, 0.4) is 0 Å². The molecule has 0 atom stereocenters. The highest BCUT2D eigenvalue weighted by molar-refractivity contribution is 5.79. The summed E-state index contributed by atoms with van der Waals surface area (Å²) in [6, 6.07) is 9.22. The van der Waals surface area contributed by atoms with Gasteiger partial charge in [-0.3, -0.25) is 9.48 Å². The molecule has 4 heterocycles. The number of amides is 1. The van der Waals surface area contributed by atoms with Crippen molar-refractivity contribution in [3.05, 3.63) is 72.0 Å². The topological polar surface area (TPSA) is 59.2 Å². The fourth-order valence-corrected chi connectivity index (χ4v) is 6.45. The first-order valence-corrected chi connectivity index (χ1v) is 15.2. The summed E-state index contributed by atoms with van der Waals surface area (Å²) in [5, 5.41) is 5.26. The summed E-state index contributed by atoms with van der Waals surface area (Å²) >= 11 is 0. The van der Waals surface area contributed by atoms with Gasteiger partial charge < -0.3 is 14.4 Å². The molecule has 0 unspecified atom stereocenters. The summed E-state index contributed by atoms with van der Waals surface area (Å²) in [5.41, 5.74) is 7.67. The van der Waals surface area contributed by atoms with Gasteiger partial charge in [0, 0.05) is 73.9 Å². The van der Waals surface area contributed by atoms with Crippen molar-refractivity contribution in [2.45, 2.75) is 77.8 Å². The molecule has 0 bridgehead atoms. The van der Waals surface area contributed by atoms with Crippen LogP contribution in [-0.2, 0) is 24.8 Å². The van der Waals surface area contributed by atoms with Gasteiger partial charge >= 0.3 is 0 Å². The second-order valence-corrected chi connectivity index (χ2v) is 11.0. The minimum atomic E-state index is 0.435. The number of hydrogen-bond acceptors (Lipinski definition) is 4. The molecule has 7 nitrogen and oxygen atoms in total. The molecule has 6 rings (SSSR count). The Hall–Kier alpha value is -3.61. The van der Waals surface area contributed by atoms with Gasteiger partial charge in [0.1, 0.15) is 11.5 Å². The standard InChI is InChI=1S/C31H38N6O.C2H6/c1-3-9-26(30-27-20-35(22-38)19-16-29(27)37(33-30)25-10-5-4-6-11-25)31-32-28(21-34(31)2)23-12-14-24(15-13-23)36-17-7-8-18-36;1-2/h3,9,12-15,21-22,25H,1,4-8,10-11,16-20H2,2H3;1-2H3/b26-9-;. The van der Waals surface area contributed by atoms with Crippen molar-refractivity contribution in [2.24, 2.45) is 7.05 Å². The number of anilines is 1. The molecule has 0 spiro atoms. The Balaban J connectivity index is 0.00000158. The number of rotatable bonds is 7. The molecule has 3 aromatic rings. The third-order valence-electron chi connectivity index (χ3n) is 8.48. The predicted molar refractivity (Wildman–Crippen MR) is 163 cm³/mol. The lowest BCUT2D eigenvalue weighted by Crippen LogP contribution is -2.31. The van der Waals surface area contributed by atoms with Crippen molar-refractivity contribution < 1.29 is 4.79 Å². The lowest BCUT2D eigenvalue weighted by atomic mass is 9.94. The highest BCUT2D eigenvalue weighted by atomic mass is 16.1. The molecular formula is C33H44N6O. The van der Waals surface area contributed by atoms with E-state index in [1.165, 1.54) is 56.3 Å². The van der Waals surface area contributed by atoms with Crippen molar-refractivity contribution in [3.63, 3.8) is 0 Å². The van der Waals surface area contributed by atoms with Crippen LogP contribution in [0.15, 0.2) is 49.2 Å². The normalized spacial score (nSPS) is 17.8. The Morgan fingerprint density at radius 1 is 1.00 bits per heavy atom. The first-order valence-electron chi connectivity index (χ1n) is 15.2. The average Bonchev–Trinajstić information content (AvgIpc) is 3.77. The van der Waals surface area contributed by atoms with E-state index < -0.39 is 0 Å². The molecule has 2 fully saturated rings. The minimum absolute atomic E-state index is 0.435. The van der Waals surface area contributed by atoms with Crippen molar-refractivity contribution in [1.82, 2.24) is 24.2 Å². The highest BCUT2D eigenvalue weighted by Crippen LogP contribution is 2.36. The lowest BCUT2D eigenvalue weighted by Gasteiger charge is -2.28. The van der Waals surface area contributed by atoms with Crippen LogP contribution in [0.4, 0.5) is 5.69 Å². The quantitative estimate of drug-likeness (QED) is 0.252. The molecule has 0 radical (unpaired) electrons. The number of benzene rings is 1. The second kappa shape index (κ2) is 12.7. The molecule has 3 aliphatic rings. The van der Waals surface area contributed by atoms with Crippen LogP contribution in [0, 0.1) is 0 Å². The van der Waals surface area contributed by atoms with Crippen LogP contribution in [0.1, 0.15) is 87.6 Å². The largest absolute Gasteiger partial charge is 0.372 e. The Morgan fingerprint density at radius 3 is 2.40 bits per heavy atom. The molecule has 1 saturated heterocycles. The maximum atomic E-state index is 11.7. The van der Waals surface area contributed by atoms with E-state index in [9.17, 15) is 4.79 Å². The smallest absolute Gasteiger partial charge is 0.210 e. The third kappa shape index (κ3) is 5.51. The fraction of sp³-hybridized carbons (Fsp3) is 0.485. The number of aromatic nitrogens is 4. The van der Waals surface area contributed by atoms with Crippen LogP contribution in [0.5, 0.6) is 0 Å². The van der Waals surface area contributed by atoms with Crippen LogP contribution < -0.4 is 4.90 Å². The Morgan fingerprint density at radius 2 is 1.73 bits per heavy atom. The zero-order valence-corrected chi connectivity index (χ0v) is 24.5. The summed E-state index contributed by atoms with van der Waals surface area (Å²) in [4.78, 5) is 21.1. The molecular weight excluding hydrogens is 496 g/mol. The zero-order valence-electron chi connectivity index (χ0n) is 24.5. The van der Waals surface area contributed by atoms with E-state index >= 15 is 0 Å². The number of fused-ring (bicyclic) bond motifs is 1. The zero-order chi connectivity index (χ0) is 28.1. The number of nitrogens with zero attached hydrogens (tertiary/aromatic N) is 6. The van der Waals surface area contributed by atoms with Crippen LogP contribution >= 0.6 is 0 Å². The number of imidazole rings is 1. The van der Waals surface area contributed by atoms with E-state index in [1.54, 1.807) is 0 Å². The van der Waals surface area contributed by atoms with Crippen molar-refractivity contribution in [1.29, 1.82) is 0 Å². The van der Waals surface area contributed by atoms with E-state index in [-0.39, 0.29) is 0 Å². The number of carbonyl (C=O) groups is 1. The molecule has 2 aliphatic heterocycles. The summed E-state index contributed by atoms with van der Waals surface area (Å²) in [5.74, 6) is 0.864. The average molecular weight is 541 g/mol. The van der Waals surface area contributed by atoms with Gasteiger partial charge in [-0.1, -0.05) is 57.9 Å². The highest BCUT2D eigenvalue weighted by Gasteiger charge is 2.30. The Labute approximate surface area is 239 Å². The SMILES string of the molecule is C=C/C=C(/c1nn(C2CCCCC2)c2c1CN(C=O)CC2)c1nc(-c2ccc(N3CCCC3)cc2)cn1C.CC. The Bertz CT molecular complexity index is 1340. The fourth-order valence-electron chi connectivity index (χ4n) is 6.45. The number of allylic oxidation sites excluding steroid dienone is 2. The van der Waals surface area contributed by atoms with Gasteiger partial charge in [0.2, 0.25) is 6.41 Å². The van der Waals surface area contributed by atoms with Crippen molar-refractivity contribution >= 4 is 17.7 Å². The molecule has 1 aromatic carbocycles. The summed E-state index contributed by atoms with van der Waals surface area (Å²) in [7, 11) is 2.05. The first kappa shape index (κ1) is 27.9. The minimum Gasteiger partial charge on any atom is -0.372 e. The molecule has 7 heteroatoms. The monoisotopic (exact) mass is 540 g/mol. The van der Waals surface area contributed by atoms with Crippen LogP contribution in [-0.4, -0.2) is 50.3 Å². The molecule has 2 aromatic heterocycles. The van der Waals surface area contributed by atoms with E-state index in [1.807, 2.05) is 37.9 Å². The molecule has 1 saturated carbocycles. The number of aryl methyl sites for hydroxylation is 1. The van der Waals surface area contributed by atoms with Gasteiger partial charge in [0.05, 0.1) is 11.7 Å². The van der Waals surface area contributed by atoms with Crippen molar-refractivity contribution in [2.75, 3.05) is 24.5 Å². The van der Waals surface area contributed by atoms with E-state index in [4.69, 9.17) is 10.1 Å². The molecule has 40 heavy (non-hydrogen) atoms. The predicted octanol–water partition coefficient (Wildman–Crippen LogP) is 6.55. The maximum Gasteiger partial charge on any atom is 0.210 e. The number of carbonyl (C=O) groups excluding carboxylic acids is 1. The van der Waals surface area contributed by atoms with Gasteiger partial charge in [0.15, 0.2) is 0 Å². The summed E-state index contributed by atoms with van der Waals surface area (Å²) in [6.45, 7) is 11.6. The summed E-state index contributed by atoms with van der Waals surface area (Å²) < 4.78 is 4.38. The van der Waals surface area contributed by atoms with Crippen LogP contribution in [0.25, 0.3) is 16.8 Å². The maximum absolute atomic E-state index is 11.7. The molecule has 0 N–H and O–H groups in total. The molecule has 212 valence electrons.